The minimum absolute atomic E-state index is 0.753. The second kappa shape index (κ2) is 4.37. The molecule has 0 unspecified atom stereocenters. The molecule has 60 valence electrons. The number of hydrogen-bond acceptors (Lipinski definition) is 1. The first-order valence-electron chi connectivity index (χ1n) is 3.77. The fourth-order valence-corrected chi connectivity index (χ4v) is 1.08. The molecule has 0 fully saturated rings. The SMILES string of the molecule is NCCCc1ccc(Cl)cc1. The molecule has 0 radical (unpaired) electrons. The summed E-state index contributed by atoms with van der Waals surface area (Å²) in [6.07, 6.45) is 2.09. The van der Waals surface area contributed by atoms with Gasteiger partial charge < -0.3 is 5.73 Å². The Morgan fingerprint density at radius 3 is 2.36 bits per heavy atom. The lowest BCUT2D eigenvalue weighted by Gasteiger charge is -1.98. The highest BCUT2D eigenvalue weighted by Gasteiger charge is 1.91. The van der Waals surface area contributed by atoms with E-state index in [2.05, 4.69) is 0 Å². The molecule has 0 heterocycles. The predicted octanol–water partition coefficient (Wildman–Crippen LogP) is 2.23. The van der Waals surface area contributed by atoms with Gasteiger partial charge in [0.15, 0.2) is 0 Å². The third-order valence-electron chi connectivity index (χ3n) is 1.58. The highest BCUT2D eigenvalue weighted by atomic mass is 35.5. The Hall–Kier alpha value is -0.530. The van der Waals surface area contributed by atoms with Crippen molar-refractivity contribution in [3.8, 4) is 0 Å². The Bertz CT molecular complexity index is 205. The fourth-order valence-electron chi connectivity index (χ4n) is 0.957. The van der Waals surface area contributed by atoms with Crippen LogP contribution in [0.2, 0.25) is 5.02 Å². The van der Waals surface area contributed by atoms with Crippen LogP contribution in [-0.4, -0.2) is 6.54 Å². The summed E-state index contributed by atoms with van der Waals surface area (Å²) >= 11 is 5.72. The number of aryl methyl sites for hydroxylation is 1. The molecule has 0 atom stereocenters. The van der Waals surface area contributed by atoms with Gasteiger partial charge in [-0.3, -0.25) is 0 Å². The maximum atomic E-state index is 5.72. The molecule has 0 spiro atoms. The van der Waals surface area contributed by atoms with Crippen LogP contribution >= 0.6 is 11.6 Å². The number of nitrogens with two attached hydrogens (primary N) is 1. The third kappa shape index (κ3) is 2.91. The molecule has 1 nitrogen and oxygen atoms in total. The molecular weight excluding hydrogens is 158 g/mol. The van der Waals surface area contributed by atoms with E-state index in [9.17, 15) is 0 Å². The first-order chi connectivity index (χ1) is 5.33. The van der Waals surface area contributed by atoms with E-state index in [-0.39, 0.29) is 0 Å². The van der Waals surface area contributed by atoms with E-state index in [1.807, 2.05) is 24.3 Å². The first kappa shape index (κ1) is 8.57. The zero-order valence-corrected chi connectivity index (χ0v) is 7.14. The van der Waals surface area contributed by atoms with Crippen LogP contribution in [-0.2, 0) is 6.42 Å². The monoisotopic (exact) mass is 169 g/mol. The van der Waals surface area contributed by atoms with Crippen molar-refractivity contribution in [2.75, 3.05) is 6.54 Å². The van der Waals surface area contributed by atoms with Gasteiger partial charge in [-0.05, 0) is 37.1 Å². The summed E-state index contributed by atoms with van der Waals surface area (Å²) in [7, 11) is 0. The van der Waals surface area contributed by atoms with Crippen LogP contribution in [0.4, 0.5) is 0 Å². The maximum Gasteiger partial charge on any atom is 0.0406 e. The molecule has 0 saturated carbocycles. The second-order valence-corrected chi connectivity index (χ2v) is 2.96. The van der Waals surface area contributed by atoms with Crippen LogP contribution < -0.4 is 5.73 Å². The van der Waals surface area contributed by atoms with E-state index < -0.39 is 0 Å². The summed E-state index contributed by atoms with van der Waals surface area (Å²) in [6, 6.07) is 7.90. The Balaban J connectivity index is 2.52. The largest absolute Gasteiger partial charge is 0.330 e. The van der Waals surface area contributed by atoms with E-state index in [4.69, 9.17) is 17.3 Å². The molecule has 1 aromatic carbocycles. The molecule has 11 heavy (non-hydrogen) atoms. The molecule has 0 aliphatic carbocycles. The zero-order valence-electron chi connectivity index (χ0n) is 6.39. The minimum atomic E-state index is 0.753. The van der Waals surface area contributed by atoms with Gasteiger partial charge in [0.05, 0.1) is 0 Å². The number of hydrogen-bond donors (Lipinski definition) is 1. The van der Waals surface area contributed by atoms with Crippen molar-refractivity contribution >= 4 is 11.6 Å². The lowest BCUT2D eigenvalue weighted by Crippen LogP contribution is -1.99. The van der Waals surface area contributed by atoms with E-state index in [0.29, 0.717) is 0 Å². The van der Waals surface area contributed by atoms with E-state index in [1.165, 1.54) is 5.56 Å². The van der Waals surface area contributed by atoms with Crippen LogP contribution in [0.3, 0.4) is 0 Å². The van der Waals surface area contributed by atoms with Gasteiger partial charge in [-0.1, -0.05) is 23.7 Å². The van der Waals surface area contributed by atoms with Gasteiger partial charge in [0, 0.05) is 5.02 Å². The normalized spacial score (nSPS) is 10.0. The average molecular weight is 170 g/mol. The molecular formula is C9H12ClN. The molecule has 1 rings (SSSR count). The Labute approximate surface area is 72.2 Å². The lowest BCUT2D eigenvalue weighted by atomic mass is 10.1. The minimum Gasteiger partial charge on any atom is -0.330 e. The Kier molecular flexibility index (Phi) is 3.40. The van der Waals surface area contributed by atoms with E-state index >= 15 is 0 Å². The summed E-state index contributed by atoms with van der Waals surface area (Å²) in [5.74, 6) is 0. The first-order valence-corrected chi connectivity index (χ1v) is 4.15. The van der Waals surface area contributed by atoms with Gasteiger partial charge in [-0.25, -0.2) is 0 Å². The molecule has 0 aromatic heterocycles. The molecule has 2 N–H and O–H groups in total. The molecule has 0 amide bonds. The fraction of sp³-hybridized carbons (Fsp3) is 0.333. The highest BCUT2D eigenvalue weighted by molar-refractivity contribution is 6.30. The van der Waals surface area contributed by atoms with Crippen molar-refractivity contribution in [2.45, 2.75) is 12.8 Å². The van der Waals surface area contributed by atoms with Crippen LogP contribution in [0, 0.1) is 0 Å². The van der Waals surface area contributed by atoms with Crippen molar-refractivity contribution in [3.05, 3.63) is 34.9 Å². The summed E-state index contributed by atoms with van der Waals surface area (Å²) in [6.45, 7) is 0.753. The van der Waals surface area contributed by atoms with Crippen LogP contribution in [0.5, 0.6) is 0 Å². The number of halogens is 1. The van der Waals surface area contributed by atoms with Gasteiger partial charge in [0.25, 0.3) is 0 Å². The highest BCUT2D eigenvalue weighted by Crippen LogP contribution is 2.10. The van der Waals surface area contributed by atoms with Crippen LogP contribution in [0.15, 0.2) is 24.3 Å². The summed E-state index contributed by atoms with van der Waals surface area (Å²) in [4.78, 5) is 0. The van der Waals surface area contributed by atoms with E-state index in [0.717, 1.165) is 24.4 Å². The molecule has 0 bridgehead atoms. The average Bonchev–Trinajstić information content (AvgIpc) is 2.04. The van der Waals surface area contributed by atoms with Crippen molar-refractivity contribution in [3.63, 3.8) is 0 Å². The van der Waals surface area contributed by atoms with Gasteiger partial charge in [0.2, 0.25) is 0 Å². The number of benzene rings is 1. The quantitative estimate of drug-likeness (QED) is 0.738. The zero-order chi connectivity index (χ0) is 8.10. The topological polar surface area (TPSA) is 26.0 Å². The van der Waals surface area contributed by atoms with Gasteiger partial charge in [-0.15, -0.1) is 0 Å². The van der Waals surface area contributed by atoms with Gasteiger partial charge in [-0.2, -0.15) is 0 Å². The maximum absolute atomic E-state index is 5.72. The molecule has 1 aromatic rings. The smallest absolute Gasteiger partial charge is 0.0406 e. The van der Waals surface area contributed by atoms with E-state index in [1.54, 1.807) is 0 Å². The molecule has 0 saturated heterocycles. The van der Waals surface area contributed by atoms with Crippen LogP contribution in [0.25, 0.3) is 0 Å². The summed E-state index contributed by atoms with van der Waals surface area (Å²) in [5.41, 5.74) is 6.69. The molecule has 2 heteroatoms. The summed E-state index contributed by atoms with van der Waals surface area (Å²) < 4.78 is 0. The summed E-state index contributed by atoms with van der Waals surface area (Å²) in [5, 5.41) is 0.793. The van der Waals surface area contributed by atoms with Crippen molar-refractivity contribution in [2.24, 2.45) is 5.73 Å². The van der Waals surface area contributed by atoms with Crippen molar-refractivity contribution < 1.29 is 0 Å². The van der Waals surface area contributed by atoms with Crippen LogP contribution in [0.1, 0.15) is 12.0 Å². The van der Waals surface area contributed by atoms with Crippen molar-refractivity contribution in [1.29, 1.82) is 0 Å². The van der Waals surface area contributed by atoms with Crippen molar-refractivity contribution in [1.82, 2.24) is 0 Å². The predicted molar refractivity (Wildman–Crippen MR) is 48.8 cm³/mol. The second-order valence-electron chi connectivity index (χ2n) is 2.52. The standard InChI is InChI=1S/C9H12ClN/c10-9-5-3-8(4-6-9)2-1-7-11/h3-6H,1-2,7,11H2. The molecule has 0 aliphatic rings. The van der Waals surface area contributed by atoms with Gasteiger partial charge in [0.1, 0.15) is 0 Å². The Morgan fingerprint density at radius 1 is 1.18 bits per heavy atom. The van der Waals surface area contributed by atoms with Gasteiger partial charge >= 0.3 is 0 Å². The lowest BCUT2D eigenvalue weighted by molar-refractivity contribution is 0.833. The number of rotatable bonds is 3. The third-order valence-corrected chi connectivity index (χ3v) is 1.83. The molecule has 0 aliphatic heterocycles. The Morgan fingerprint density at radius 2 is 1.82 bits per heavy atom.